The number of ether oxygens (including phenoxy) is 2. The van der Waals surface area contributed by atoms with E-state index in [4.69, 9.17) is 9.47 Å². The molecule has 0 aliphatic rings. The molecule has 3 heterocycles. The molecule has 0 saturated carbocycles. The number of hydrogen-bond donors (Lipinski definition) is 1. The lowest BCUT2D eigenvalue weighted by Gasteiger charge is -2.09. The molecule has 0 aromatic carbocycles. The van der Waals surface area contributed by atoms with Gasteiger partial charge in [0.05, 0.1) is 30.6 Å². The van der Waals surface area contributed by atoms with Crippen LogP contribution < -0.4 is 10.1 Å². The average molecular weight is 385 g/mol. The lowest BCUT2D eigenvalue weighted by atomic mass is 10.2. The van der Waals surface area contributed by atoms with Gasteiger partial charge in [-0.3, -0.25) is 4.79 Å². The number of rotatable bonds is 8. The van der Waals surface area contributed by atoms with E-state index in [1.54, 1.807) is 36.8 Å². The first-order valence-corrected chi connectivity index (χ1v) is 9.54. The Balaban J connectivity index is 1.67. The van der Waals surface area contributed by atoms with E-state index in [2.05, 4.69) is 26.3 Å². The summed E-state index contributed by atoms with van der Waals surface area (Å²) < 4.78 is 12.5. The SMILES string of the molecule is COCCOc1ccc(NC(=O)c2cc(C)n(Cc3cccs3)c2C)cn1. The number of carbonyl (C=O) groups is 1. The zero-order chi connectivity index (χ0) is 19.2. The van der Waals surface area contributed by atoms with Gasteiger partial charge in [0.25, 0.3) is 5.91 Å². The molecule has 142 valence electrons. The molecule has 0 unspecified atom stereocenters. The van der Waals surface area contributed by atoms with Crippen LogP contribution in [0.5, 0.6) is 5.88 Å². The fraction of sp³-hybridized carbons (Fsp3) is 0.300. The minimum Gasteiger partial charge on any atom is -0.475 e. The minimum absolute atomic E-state index is 0.143. The van der Waals surface area contributed by atoms with Gasteiger partial charge >= 0.3 is 0 Å². The number of hydrogen-bond acceptors (Lipinski definition) is 5. The van der Waals surface area contributed by atoms with Gasteiger partial charge in [-0.05, 0) is 37.4 Å². The third-order valence-corrected chi connectivity index (χ3v) is 5.11. The van der Waals surface area contributed by atoms with Gasteiger partial charge in [-0.1, -0.05) is 6.07 Å². The lowest BCUT2D eigenvalue weighted by Crippen LogP contribution is -2.14. The van der Waals surface area contributed by atoms with Gasteiger partial charge < -0.3 is 19.4 Å². The Bertz CT molecular complexity index is 886. The summed E-state index contributed by atoms with van der Waals surface area (Å²) >= 11 is 1.71. The number of thiophene rings is 1. The first-order valence-electron chi connectivity index (χ1n) is 8.66. The van der Waals surface area contributed by atoms with Crippen LogP contribution in [-0.4, -0.2) is 35.8 Å². The number of pyridine rings is 1. The Kier molecular flexibility index (Phi) is 6.26. The molecule has 0 fully saturated rings. The summed E-state index contributed by atoms with van der Waals surface area (Å²) in [5.41, 5.74) is 3.31. The van der Waals surface area contributed by atoms with Crippen molar-refractivity contribution in [2.24, 2.45) is 0 Å². The van der Waals surface area contributed by atoms with Crippen molar-refractivity contribution in [1.29, 1.82) is 0 Å². The second-order valence-electron chi connectivity index (χ2n) is 6.13. The quantitative estimate of drug-likeness (QED) is 0.598. The van der Waals surface area contributed by atoms with E-state index >= 15 is 0 Å². The number of nitrogens with one attached hydrogen (secondary N) is 1. The normalized spacial score (nSPS) is 10.8. The van der Waals surface area contributed by atoms with Crippen molar-refractivity contribution in [3.05, 3.63) is 63.7 Å². The highest BCUT2D eigenvalue weighted by molar-refractivity contribution is 7.09. The van der Waals surface area contributed by atoms with Crippen LogP contribution in [0.4, 0.5) is 5.69 Å². The molecule has 3 rings (SSSR count). The van der Waals surface area contributed by atoms with Crippen molar-refractivity contribution >= 4 is 22.9 Å². The number of aryl methyl sites for hydroxylation is 1. The second kappa shape index (κ2) is 8.83. The fourth-order valence-electron chi connectivity index (χ4n) is 2.80. The standard InChI is InChI=1S/C20H23N3O3S/c1-14-11-18(15(2)23(14)13-17-5-4-10-27-17)20(24)22-16-6-7-19(21-12-16)26-9-8-25-3/h4-7,10-12H,8-9,13H2,1-3H3,(H,22,24). The zero-order valence-electron chi connectivity index (χ0n) is 15.7. The summed E-state index contributed by atoms with van der Waals surface area (Å²) in [6.45, 7) is 5.70. The van der Waals surface area contributed by atoms with Crippen molar-refractivity contribution in [2.75, 3.05) is 25.6 Å². The topological polar surface area (TPSA) is 65.4 Å². The number of carbonyl (C=O) groups excluding carboxylic acids is 1. The van der Waals surface area contributed by atoms with Crippen LogP contribution in [0.3, 0.4) is 0 Å². The Morgan fingerprint density at radius 2 is 2.11 bits per heavy atom. The smallest absolute Gasteiger partial charge is 0.257 e. The fourth-order valence-corrected chi connectivity index (χ4v) is 3.49. The van der Waals surface area contributed by atoms with Crippen LogP contribution in [0.1, 0.15) is 26.6 Å². The highest BCUT2D eigenvalue weighted by Gasteiger charge is 2.16. The Labute approximate surface area is 162 Å². The van der Waals surface area contributed by atoms with Crippen LogP contribution >= 0.6 is 11.3 Å². The molecule has 0 radical (unpaired) electrons. The summed E-state index contributed by atoms with van der Waals surface area (Å²) in [5, 5.41) is 4.96. The third kappa shape index (κ3) is 4.75. The van der Waals surface area contributed by atoms with E-state index in [-0.39, 0.29) is 5.91 Å². The monoisotopic (exact) mass is 385 g/mol. The highest BCUT2D eigenvalue weighted by atomic mass is 32.1. The first kappa shape index (κ1) is 19.1. The number of nitrogens with zero attached hydrogens (tertiary/aromatic N) is 2. The van der Waals surface area contributed by atoms with Crippen LogP contribution in [-0.2, 0) is 11.3 Å². The molecule has 0 spiro atoms. The van der Waals surface area contributed by atoms with Crippen molar-refractivity contribution in [2.45, 2.75) is 20.4 Å². The summed E-state index contributed by atoms with van der Waals surface area (Å²) in [6, 6.07) is 9.57. The van der Waals surface area contributed by atoms with E-state index in [1.807, 2.05) is 26.0 Å². The molecule has 27 heavy (non-hydrogen) atoms. The molecular weight excluding hydrogens is 362 g/mol. The van der Waals surface area contributed by atoms with E-state index < -0.39 is 0 Å². The van der Waals surface area contributed by atoms with Gasteiger partial charge in [0, 0.05) is 29.4 Å². The molecule has 0 aliphatic heterocycles. The number of aromatic nitrogens is 2. The second-order valence-corrected chi connectivity index (χ2v) is 7.16. The number of methoxy groups -OCH3 is 1. The van der Waals surface area contributed by atoms with Gasteiger partial charge in [0.1, 0.15) is 6.61 Å². The zero-order valence-corrected chi connectivity index (χ0v) is 16.5. The van der Waals surface area contributed by atoms with E-state index in [0.717, 1.165) is 17.9 Å². The molecule has 0 atom stereocenters. The van der Waals surface area contributed by atoms with Gasteiger partial charge in [-0.2, -0.15) is 0 Å². The van der Waals surface area contributed by atoms with Crippen LogP contribution in [0, 0.1) is 13.8 Å². The predicted molar refractivity (Wildman–Crippen MR) is 107 cm³/mol. The van der Waals surface area contributed by atoms with Crippen LogP contribution in [0.15, 0.2) is 41.9 Å². The Morgan fingerprint density at radius 1 is 1.26 bits per heavy atom. The average Bonchev–Trinajstić information content (AvgIpc) is 3.27. The molecule has 0 bridgehead atoms. The van der Waals surface area contributed by atoms with E-state index in [0.29, 0.717) is 30.3 Å². The van der Waals surface area contributed by atoms with Crippen LogP contribution in [0.25, 0.3) is 0 Å². The Morgan fingerprint density at radius 3 is 2.78 bits per heavy atom. The summed E-state index contributed by atoms with van der Waals surface area (Å²) in [6.07, 6.45) is 1.59. The minimum atomic E-state index is -0.143. The van der Waals surface area contributed by atoms with Crippen molar-refractivity contribution < 1.29 is 14.3 Å². The molecule has 3 aromatic rings. The van der Waals surface area contributed by atoms with Crippen molar-refractivity contribution in [1.82, 2.24) is 9.55 Å². The van der Waals surface area contributed by atoms with Gasteiger partial charge in [0.15, 0.2) is 0 Å². The summed E-state index contributed by atoms with van der Waals surface area (Å²) in [4.78, 5) is 18.2. The highest BCUT2D eigenvalue weighted by Crippen LogP contribution is 2.21. The lowest BCUT2D eigenvalue weighted by molar-refractivity contribution is 0.102. The first-order chi connectivity index (χ1) is 13.1. The number of amides is 1. The van der Waals surface area contributed by atoms with Gasteiger partial charge in [-0.25, -0.2) is 4.98 Å². The summed E-state index contributed by atoms with van der Waals surface area (Å²) in [5.74, 6) is 0.356. The molecular formula is C20H23N3O3S. The molecule has 0 aliphatic carbocycles. The summed E-state index contributed by atoms with van der Waals surface area (Å²) in [7, 11) is 1.62. The van der Waals surface area contributed by atoms with Gasteiger partial charge in [0.2, 0.25) is 5.88 Å². The van der Waals surface area contributed by atoms with Crippen LogP contribution in [0.2, 0.25) is 0 Å². The van der Waals surface area contributed by atoms with E-state index in [1.165, 1.54) is 4.88 Å². The molecule has 7 heteroatoms. The molecule has 0 saturated heterocycles. The predicted octanol–water partition coefficient (Wildman–Crippen LogP) is 3.89. The van der Waals surface area contributed by atoms with E-state index in [9.17, 15) is 4.79 Å². The molecule has 1 N–H and O–H groups in total. The van der Waals surface area contributed by atoms with Crippen molar-refractivity contribution in [3.8, 4) is 5.88 Å². The molecule has 1 amide bonds. The maximum Gasteiger partial charge on any atom is 0.257 e. The van der Waals surface area contributed by atoms with Gasteiger partial charge in [-0.15, -0.1) is 11.3 Å². The molecule has 6 nitrogen and oxygen atoms in total. The maximum atomic E-state index is 12.7. The third-order valence-electron chi connectivity index (χ3n) is 4.24. The maximum absolute atomic E-state index is 12.7. The number of anilines is 1. The Hall–Kier alpha value is -2.64. The largest absolute Gasteiger partial charge is 0.475 e. The molecule has 3 aromatic heterocycles. The van der Waals surface area contributed by atoms with Crippen molar-refractivity contribution in [3.63, 3.8) is 0 Å².